The summed E-state index contributed by atoms with van der Waals surface area (Å²) in [5.74, 6) is 0.230. The third-order valence-corrected chi connectivity index (χ3v) is 8.08. The predicted molar refractivity (Wildman–Crippen MR) is 85.4 cm³/mol. The molecule has 0 aromatic rings. The molecule has 2 bridgehead atoms. The van der Waals surface area contributed by atoms with Crippen LogP contribution in [0.2, 0.25) is 0 Å². The second-order valence-corrected chi connectivity index (χ2v) is 9.89. The first kappa shape index (κ1) is 17.3. The minimum absolute atomic E-state index is 0.00712. The van der Waals surface area contributed by atoms with Gasteiger partial charge in [0.25, 0.3) is 0 Å². The maximum atomic E-state index is 12.6. The normalized spacial score (nSPS) is 35.6. The summed E-state index contributed by atoms with van der Waals surface area (Å²) in [5.41, 5.74) is -2.08. The molecule has 0 unspecified atom stereocenters. The van der Waals surface area contributed by atoms with Gasteiger partial charge in [0, 0.05) is 44.4 Å². The molecule has 1 saturated heterocycles. The average Bonchev–Trinajstić information content (AvgIpc) is 2.80. The van der Waals surface area contributed by atoms with E-state index in [2.05, 4.69) is 4.72 Å². The maximum Gasteiger partial charge on any atom is 0.212 e. The van der Waals surface area contributed by atoms with Gasteiger partial charge in [-0.2, -0.15) is 0 Å². The fourth-order valence-corrected chi connectivity index (χ4v) is 6.57. The van der Waals surface area contributed by atoms with Crippen LogP contribution in [0.5, 0.6) is 0 Å². The summed E-state index contributed by atoms with van der Waals surface area (Å²) in [6, 6.07) is 0. The van der Waals surface area contributed by atoms with E-state index < -0.39 is 21.0 Å². The van der Waals surface area contributed by atoms with Crippen LogP contribution in [-0.4, -0.2) is 50.4 Å². The van der Waals surface area contributed by atoms with E-state index in [1.165, 1.54) is 0 Å². The molecule has 3 aliphatic rings. The highest BCUT2D eigenvalue weighted by Gasteiger charge is 2.65. The Kier molecular flexibility index (Phi) is 4.15. The molecular weight excluding hydrogens is 318 g/mol. The van der Waals surface area contributed by atoms with Gasteiger partial charge >= 0.3 is 0 Å². The molecule has 1 heterocycles. The zero-order chi connectivity index (χ0) is 16.9. The zero-order valence-electron chi connectivity index (χ0n) is 13.9. The lowest BCUT2D eigenvalue weighted by Gasteiger charge is -2.37. The van der Waals surface area contributed by atoms with Crippen molar-refractivity contribution in [3.8, 4) is 0 Å². The Morgan fingerprint density at radius 3 is 2.43 bits per heavy atom. The largest absolute Gasteiger partial charge is 0.388 e. The van der Waals surface area contributed by atoms with Crippen LogP contribution in [-0.2, 0) is 19.6 Å². The van der Waals surface area contributed by atoms with Crippen LogP contribution in [0.3, 0.4) is 0 Å². The molecule has 0 radical (unpaired) electrons. The number of sulfonamides is 1. The van der Waals surface area contributed by atoms with Crippen molar-refractivity contribution in [3.05, 3.63) is 0 Å². The van der Waals surface area contributed by atoms with Crippen molar-refractivity contribution < 1.29 is 23.1 Å². The minimum atomic E-state index is -3.62. The fraction of sp³-hybridized carbons (Fsp3) is 0.938. The molecule has 0 amide bonds. The molecule has 23 heavy (non-hydrogen) atoms. The van der Waals surface area contributed by atoms with E-state index in [1.807, 2.05) is 13.8 Å². The van der Waals surface area contributed by atoms with Crippen molar-refractivity contribution in [1.82, 2.24) is 4.72 Å². The van der Waals surface area contributed by atoms with E-state index in [1.54, 1.807) is 0 Å². The number of Topliss-reactive ketones (excluding diaryl/α,β-unsaturated/α-hetero) is 1. The van der Waals surface area contributed by atoms with Gasteiger partial charge < -0.3 is 9.84 Å². The van der Waals surface area contributed by atoms with Gasteiger partial charge in [-0.3, -0.25) is 4.79 Å². The molecule has 0 spiro atoms. The molecule has 2 saturated carbocycles. The first-order valence-corrected chi connectivity index (χ1v) is 10.1. The molecule has 3 rings (SSSR count). The number of ketones is 1. The highest BCUT2D eigenvalue weighted by atomic mass is 32.2. The van der Waals surface area contributed by atoms with E-state index >= 15 is 0 Å². The Morgan fingerprint density at radius 2 is 1.91 bits per heavy atom. The zero-order valence-corrected chi connectivity index (χ0v) is 14.7. The number of aliphatic hydroxyl groups is 1. The van der Waals surface area contributed by atoms with Gasteiger partial charge in [0.1, 0.15) is 5.78 Å². The van der Waals surface area contributed by atoms with Crippen LogP contribution >= 0.6 is 0 Å². The van der Waals surface area contributed by atoms with Gasteiger partial charge in [-0.1, -0.05) is 13.8 Å². The smallest absolute Gasteiger partial charge is 0.212 e. The molecule has 2 N–H and O–H groups in total. The van der Waals surface area contributed by atoms with Gasteiger partial charge in [-0.25, -0.2) is 13.1 Å². The van der Waals surface area contributed by atoms with E-state index in [0.29, 0.717) is 44.8 Å². The minimum Gasteiger partial charge on any atom is -0.388 e. The highest BCUT2D eigenvalue weighted by Crippen LogP contribution is 2.64. The van der Waals surface area contributed by atoms with Gasteiger partial charge in [0.2, 0.25) is 10.0 Å². The summed E-state index contributed by atoms with van der Waals surface area (Å²) in [7, 11) is -3.62. The highest BCUT2D eigenvalue weighted by molar-refractivity contribution is 7.89. The summed E-state index contributed by atoms with van der Waals surface area (Å²) in [4.78, 5) is 12.5. The number of carbonyl (C=O) groups is 1. The second kappa shape index (κ2) is 5.51. The number of hydrogen-bond acceptors (Lipinski definition) is 5. The second-order valence-electron chi connectivity index (χ2n) is 8.08. The molecule has 6 nitrogen and oxygen atoms in total. The lowest BCUT2D eigenvalue weighted by molar-refractivity contribution is -0.128. The molecular formula is C16H27NO5S. The van der Waals surface area contributed by atoms with E-state index in [9.17, 15) is 18.3 Å². The molecule has 1 aliphatic heterocycles. The molecule has 0 aromatic heterocycles. The van der Waals surface area contributed by atoms with Crippen LogP contribution < -0.4 is 4.72 Å². The molecule has 2 aliphatic carbocycles. The van der Waals surface area contributed by atoms with Crippen molar-refractivity contribution in [3.63, 3.8) is 0 Å². The van der Waals surface area contributed by atoms with Crippen molar-refractivity contribution in [2.75, 3.05) is 25.5 Å². The average molecular weight is 345 g/mol. The molecule has 7 heteroatoms. The third kappa shape index (κ3) is 2.86. The standard InChI is InChI=1S/C16H27NO5S/c1-14(2)12-3-4-16(14,13(18)9-12)11-23(20,21)17-10-15(19)5-7-22-8-6-15/h12,17,19H,3-11H2,1-2H3/t12-,16+/m0/s1. The summed E-state index contributed by atoms with van der Waals surface area (Å²) < 4.78 is 32.9. The van der Waals surface area contributed by atoms with Gasteiger partial charge in [0.05, 0.1) is 11.4 Å². The van der Waals surface area contributed by atoms with Crippen LogP contribution in [0.15, 0.2) is 0 Å². The van der Waals surface area contributed by atoms with Crippen molar-refractivity contribution in [2.24, 2.45) is 16.7 Å². The van der Waals surface area contributed by atoms with Crippen LogP contribution in [0, 0.1) is 16.7 Å². The van der Waals surface area contributed by atoms with Crippen LogP contribution in [0.25, 0.3) is 0 Å². The van der Waals surface area contributed by atoms with Crippen molar-refractivity contribution >= 4 is 15.8 Å². The monoisotopic (exact) mass is 345 g/mol. The summed E-state index contributed by atoms with van der Waals surface area (Å²) >= 11 is 0. The summed E-state index contributed by atoms with van der Waals surface area (Å²) in [6.45, 7) is 4.92. The third-order valence-electron chi connectivity index (χ3n) is 6.62. The number of ether oxygens (including phenoxy) is 1. The predicted octanol–water partition coefficient (Wildman–Crippen LogP) is 0.843. The quantitative estimate of drug-likeness (QED) is 0.770. The van der Waals surface area contributed by atoms with E-state index in [4.69, 9.17) is 4.74 Å². The van der Waals surface area contributed by atoms with E-state index in [-0.39, 0.29) is 23.5 Å². The van der Waals surface area contributed by atoms with Crippen LogP contribution in [0.1, 0.15) is 46.0 Å². The maximum absolute atomic E-state index is 12.6. The Morgan fingerprint density at radius 1 is 1.26 bits per heavy atom. The SMILES string of the molecule is CC1(C)[C@H]2CC[C@@]1(CS(=O)(=O)NCC1(O)CCOCC1)C(=O)C2. The Balaban J connectivity index is 1.70. The summed E-state index contributed by atoms with van der Waals surface area (Å²) in [6.07, 6.45) is 2.93. The van der Waals surface area contributed by atoms with Crippen molar-refractivity contribution in [1.29, 1.82) is 0 Å². The van der Waals surface area contributed by atoms with Gasteiger partial charge in [-0.05, 0) is 24.2 Å². The Bertz CT molecular complexity index is 594. The molecule has 2 atom stereocenters. The topological polar surface area (TPSA) is 92.7 Å². The number of hydrogen-bond donors (Lipinski definition) is 2. The molecule has 132 valence electrons. The van der Waals surface area contributed by atoms with Gasteiger partial charge in [0.15, 0.2) is 0 Å². The number of nitrogens with one attached hydrogen (secondary N) is 1. The number of rotatable bonds is 5. The number of carbonyl (C=O) groups excluding carboxylic acids is 1. The summed E-state index contributed by atoms with van der Waals surface area (Å²) in [5, 5.41) is 10.4. The first-order chi connectivity index (χ1) is 10.6. The Labute approximate surface area is 138 Å². The number of fused-ring (bicyclic) bond motifs is 2. The molecule has 0 aromatic carbocycles. The lowest BCUT2D eigenvalue weighted by Crippen LogP contribution is -2.50. The fourth-order valence-electron chi connectivity index (χ4n) is 4.66. The van der Waals surface area contributed by atoms with E-state index in [0.717, 1.165) is 6.42 Å². The first-order valence-electron chi connectivity index (χ1n) is 8.41. The van der Waals surface area contributed by atoms with Gasteiger partial charge in [-0.15, -0.1) is 0 Å². The Hall–Kier alpha value is -0.500. The van der Waals surface area contributed by atoms with Crippen molar-refractivity contribution in [2.45, 2.75) is 51.6 Å². The van der Waals surface area contributed by atoms with Crippen LogP contribution in [0.4, 0.5) is 0 Å². The lowest BCUT2D eigenvalue weighted by atomic mass is 9.70. The molecule has 3 fully saturated rings.